The van der Waals surface area contributed by atoms with Crippen LogP contribution in [-0.4, -0.2) is 57.0 Å². The molecule has 1 saturated carbocycles. The van der Waals surface area contributed by atoms with Gasteiger partial charge in [-0.25, -0.2) is 14.6 Å². The zero-order chi connectivity index (χ0) is 28.3. The predicted octanol–water partition coefficient (Wildman–Crippen LogP) is 4.73. The van der Waals surface area contributed by atoms with Gasteiger partial charge in [-0.15, -0.1) is 0 Å². The largest absolute Gasteiger partial charge is 0.493 e. The number of amides is 1. The summed E-state index contributed by atoms with van der Waals surface area (Å²) in [4.78, 5) is 23.9. The quantitative estimate of drug-likeness (QED) is 0.352. The molecule has 4 aromatic rings. The first-order valence-electron chi connectivity index (χ1n) is 12.6. The Morgan fingerprint density at radius 1 is 1.07 bits per heavy atom. The summed E-state index contributed by atoms with van der Waals surface area (Å²) in [7, 11) is 3.06. The maximum absolute atomic E-state index is 13.6. The van der Waals surface area contributed by atoms with Gasteiger partial charge in [-0.1, -0.05) is 0 Å². The number of rotatable bonds is 6. The first-order valence-corrected chi connectivity index (χ1v) is 12.6. The van der Waals surface area contributed by atoms with Crippen LogP contribution >= 0.6 is 0 Å². The second-order valence-corrected chi connectivity index (χ2v) is 9.85. The molecular formula is C27H26F3N7O3. The Labute approximate surface area is 226 Å². The Morgan fingerprint density at radius 3 is 2.50 bits per heavy atom. The third kappa shape index (κ3) is 4.12. The number of nitrogen functional groups attached to an aromatic ring is 1. The number of nitrogens with zero attached hydrogens (tertiary/aromatic N) is 5. The van der Waals surface area contributed by atoms with Gasteiger partial charge >= 0.3 is 6.18 Å². The second-order valence-electron chi connectivity index (χ2n) is 9.85. The SMILES string of the molecule is COc1ccc(-c2nn(C(C)C3Nc4cc(C(F)(F)F)ccc4C(=O)N3C3CC3)c3ncnc(N)c23)cc1OC. The molecule has 2 aliphatic rings. The minimum atomic E-state index is -4.55. The van der Waals surface area contributed by atoms with Crippen LogP contribution in [0.2, 0.25) is 0 Å². The average molecular weight is 554 g/mol. The molecule has 208 valence electrons. The van der Waals surface area contributed by atoms with E-state index in [9.17, 15) is 18.0 Å². The number of hydrogen-bond acceptors (Lipinski definition) is 8. The lowest BCUT2D eigenvalue weighted by Crippen LogP contribution is -2.53. The van der Waals surface area contributed by atoms with Crippen molar-refractivity contribution in [2.75, 3.05) is 25.3 Å². The van der Waals surface area contributed by atoms with Gasteiger partial charge in [-0.3, -0.25) is 4.79 Å². The number of methoxy groups -OCH3 is 2. The van der Waals surface area contributed by atoms with E-state index in [-0.39, 0.29) is 29.0 Å². The monoisotopic (exact) mass is 553 g/mol. The van der Waals surface area contributed by atoms with E-state index in [1.165, 1.54) is 26.6 Å². The number of ether oxygens (including phenoxy) is 2. The molecule has 2 atom stereocenters. The maximum atomic E-state index is 13.6. The number of nitrogens with one attached hydrogen (secondary N) is 1. The van der Waals surface area contributed by atoms with Crippen molar-refractivity contribution in [2.45, 2.75) is 44.2 Å². The minimum Gasteiger partial charge on any atom is -0.493 e. The van der Waals surface area contributed by atoms with Crippen LogP contribution in [0, 0.1) is 0 Å². The number of carbonyl (C=O) groups excluding carboxylic acids is 1. The Bertz CT molecular complexity index is 1630. The van der Waals surface area contributed by atoms with Gasteiger partial charge < -0.3 is 25.4 Å². The van der Waals surface area contributed by atoms with E-state index in [0.717, 1.165) is 25.0 Å². The molecule has 0 radical (unpaired) electrons. The Kier molecular flexibility index (Phi) is 5.97. The van der Waals surface area contributed by atoms with Crippen molar-refractivity contribution >= 4 is 28.4 Å². The van der Waals surface area contributed by atoms with Gasteiger partial charge in [0.25, 0.3) is 5.91 Å². The van der Waals surface area contributed by atoms with Crippen molar-refractivity contribution in [3.63, 3.8) is 0 Å². The van der Waals surface area contributed by atoms with E-state index in [1.54, 1.807) is 27.8 Å². The standard InChI is InChI=1S/C27H26F3N7O3/c1-13(24-34-18-11-15(27(28,29)30)5-8-17(18)26(38)36(24)16-6-7-16)37-25-21(23(31)32-12-33-25)22(35-37)14-4-9-19(39-2)20(10-14)40-3/h4-5,8-13,16,24,34H,6-7H2,1-3H3,(H2,31,32,33). The predicted molar refractivity (Wildman–Crippen MR) is 141 cm³/mol. The Balaban J connectivity index is 1.47. The zero-order valence-electron chi connectivity index (χ0n) is 21.9. The fraction of sp³-hybridized carbons (Fsp3) is 0.333. The van der Waals surface area contributed by atoms with E-state index in [1.807, 2.05) is 6.92 Å². The zero-order valence-corrected chi connectivity index (χ0v) is 21.9. The number of halogens is 3. The fourth-order valence-corrected chi connectivity index (χ4v) is 5.22. The van der Waals surface area contributed by atoms with Gasteiger partial charge in [0.05, 0.1) is 36.8 Å². The summed E-state index contributed by atoms with van der Waals surface area (Å²) in [5.74, 6) is 0.907. The third-order valence-electron chi connectivity index (χ3n) is 7.37. The number of hydrogen-bond donors (Lipinski definition) is 2. The second kappa shape index (κ2) is 9.28. The number of fused-ring (bicyclic) bond motifs is 2. The van der Waals surface area contributed by atoms with Crippen molar-refractivity contribution in [3.8, 4) is 22.8 Å². The van der Waals surface area contributed by atoms with Crippen molar-refractivity contribution in [1.82, 2.24) is 24.6 Å². The van der Waals surface area contributed by atoms with E-state index >= 15 is 0 Å². The van der Waals surface area contributed by atoms with Gasteiger partial charge in [-0.05, 0) is 56.2 Å². The molecule has 0 spiro atoms. The smallest absolute Gasteiger partial charge is 0.416 e. The molecule has 3 N–H and O–H groups in total. The van der Waals surface area contributed by atoms with Crippen LogP contribution in [0.15, 0.2) is 42.7 Å². The summed E-state index contributed by atoms with van der Waals surface area (Å²) in [5.41, 5.74) is 7.36. The van der Waals surface area contributed by atoms with Crippen molar-refractivity contribution in [1.29, 1.82) is 0 Å². The summed E-state index contributed by atoms with van der Waals surface area (Å²) < 4.78 is 52.9. The molecule has 0 saturated heterocycles. The first kappa shape index (κ1) is 25.7. The van der Waals surface area contributed by atoms with Crippen LogP contribution in [0.3, 0.4) is 0 Å². The van der Waals surface area contributed by atoms with Crippen LogP contribution in [-0.2, 0) is 6.18 Å². The third-order valence-corrected chi connectivity index (χ3v) is 7.37. The molecule has 2 unspecified atom stereocenters. The van der Waals surface area contributed by atoms with Crippen LogP contribution in [0.25, 0.3) is 22.3 Å². The first-order chi connectivity index (χ1) is 19.1. The van der Waals surface area contributed by atoms with Crippen molar-refractivity contribution < 1.29 is 27.4 Å². The minimum absolute atomic E-state index is 0.0327. The number of alkyl halides is 3. The molecule has 1 aliphatic heterocycles. The lowest BCUT2D eigenvalue weighted by Gasteiger charge is -2.41. The van der Waals surface area contributed by atoms with Crippen LogP contribution < -0.4 is 20.5 Å². The molecule has 13 heteroatoms. The van der Waals surface area contributed by atoms with Crippen molar-refractivity contribution in [3.05, 3.63) is 53.9 Å². The molecule has 1 fully saturated rings. The highest BCUT2D eigenvalue weighted by Crippen LogP contribution is 2.42. The van der Waals surface area contributed by atoms with Crippen LogP contribution in [0.1, 0.15) is 41.7 Å². The lowest BCUT2D eigenvalue weighted by atomic mass is 10.0. The number of aromatic nitrogens is 4. The summed E-state index contributed by atoms with van der Waals surface area (Å²) >= 11 is 0. The molecule has 6 rings (SSSR count). The molecule has 10 nitrogen and oxygen atoms in total. The molecular weight excluding hydrogens is 527 g/mol. The van der Waals surface area contributed by atoms with Crippen molar-refractivity contribution in [2.24, 2.45) is 0 Å². The molecule has 2 aromatic heterocycles. The van der Waals surface area contributed by atoms with Crippen LogP contribution in [0.5, 0.6) is 11.5 Å². The van der Waals surface area contributed by atoms with E-state index in [0.29, 0.717) is 33.8 Å². The van der Waals surface area contributed by atoms with Gasteiger partial charge in [0.15, 0.2) is 17.1 Å². The number of carbonyl (C=O) groups is 1. The van der Waals surface area contributed by atoms with Crippen LogP contribution in [0.4, 0.5) is 24.7 Å². The molecule has 3 heterocycles. The number of nitrogens with two attached hydrogens (primary N) is 1. The molecule has 0 bridgehead atoms. The Morgan fingerprint density at radius 2 is 1.82 bits per heavy atom. The normalized spacial score (nSPS) is 17.9. The van der Waals surface area contributed by atoms with Gasteiger partial charge in [0.1, 0.15) is 24.0 Å². The molecule has 2 aromatic carbocycles. The van der Waals surface area contributed by atoms with Gasteiger partial charge in [0, 0.05) is 17.3 Å². The highest BCUT2D eigenvalue weighted by Gasteiger charge is 2.45. The van der Waals surface area contributed by atoms with E-state index < -0.39 is 23.9 Å². The number of benzene rings is 2. The van der Waals surface area contributed by atoms with Gasteiger partial charge in [-0.2, -0.15) is 18.3 Å². The summed E-state index contributed by atoms with van der Waals surface area (Å²) in [6.45, 7) is 1.84. The summed E-state index contributed by atoms with van der Waals surface area (Å²) in [5, 5.41) is 8.56. The summed E-state index contributed by atoms with van der Waals surface area (Å²) in [6.07, 6.45) is -2.32. The van der Waals surface area contributed by atoms with E-state index in [2.05, 4.69) is 15.3 Å². The highest BCUT2D eigenvalue weighted by molar-refractivity contribution is 6.02. The van der Waals surface area contributed by atoms with E-state index in [4.69, 9.17) is 20.3 Å². The average Bonchev–Trinajstić information content (AvgIpc) is 3.70. The lowest BCUT2D eigenvalue weighted by molar-refractivity contribution is -0.137. The number of anilines is 2. The molecule has 1 amide bonds. The van der Waals surface area contributed by atoms with Gasteiger partial charge in [0.2, 0.25) is 0 Å². The Hall–Kier alpha value is -4.55. The topological polar surface area (TPSA) is 120 Å². The summed E-state index contributed by atoms with van der Waals surface area (Å²) in [6, 6.07) is 7.86. The highest BCUT2D eigenvalue weighted by atomic mass is 19.4. The fourth-order valence-electron chi connectivity index (χ4n) is 5.22. The maximum Gasteiger partial charge on any atom is 0.416 e. The molecule has 40 heavy (non-hydrogen) atoms. The molecule has 1 aliphatic carbocycles.